The molecule has 0 saturated heterocycles. The van der Waals surface area contributed by atoms with Crippen molar-refractivity contribution >= 4 is 11.8 Å². The first-order valence-electron chi connectivity index (χ1n) is 6.49. The molecule has 0 aromatic heterocycles. The van der Waals surface area contributed by atoms with Crippen LogP contribution in [0.15, 0.2) is 30.3 Å². The molecular formula is C14H15O3Y-. The van der Waals surface area contributed by atoms with Crippen LogP contribution >= 0.6 is 0 Å². The standard InChI is InChI=1S/C14H15O3.Y/c1-10(15)13-7-12(13)8-14(16)17-9-11-5-3-2-4-6-11;/h2-7,12-13H,8-9H2,1H3;/q-1;/t12-,13-;/m1./s1/i8D2;. The Kier molecular flexibility index (Phi) is 4.96. The third kappa shape index (κ3) is 4.62. The first-order chi connectivity index (χ1) is 8.93. The van der Waals surface area contributed by atoms with Crippen molar-refractivity contribution in [2.45, 2.75) is 19.9 Å². The SMILES string of the molecule is [2H]C([2H])(C(=O)OCc1ccccc1)[C@H]1[CH-][C@@H]1C(C)=O.[Y]. The van der Waals surface area contributed by atoms with Crippen LogP contribution in [-0.4, -0.2) is 11.8 Å². The van der Waals surface area contributed by atoms with E-state index in [1.165, 1.54) is 6.92 Å². The molecule has 0 spiro atoms. The van der Waals surface area contributed by atoms with Crippen LogP contribution in [0, 0.1) is 18.3 Å². The van der Waals surface area contributed by atoms with Crippen molar-refractivity contribution in [2.75, 3.05) is 0 Å². The number of hydrogen-bond donors (Lipinski definition) is 0. The van der Waals surface area contributed by atoms with Gasteiger partial charge in [-0.2, -0.15) is 5.92 Å². The molecule has 2 atom stereocenters. The molecule has 18 heavy (non-hydrogen) atoms. The number of benzene rings is 1. The van der Waals surface area contributed by atoms with Crippen molar-refractivity contribution in [2.24, 2.45) is 11.8 Å². The van der Waals surface area contributed by atoms with E-state index in [9.17, 15) is 9.59 Å². The molecule has 1 saturated carbocycles. The van der Waals surface area contributed by atoms with Gasteiger partial charge in [0.2, 0.25) is 0 Å². The Morgan fingerprint density at radius 3 is 2.61 bits per heavy atom. The van der Waals surface area contributed by atoms with E-state index in [0.717, 1.165) is 5.56 Å². The number of rotatable bonds is 5. The number of Topliss-reactive ketones (excluding diaryl/α,β-unsaturated/α-hetero) is 1. The average molecular weight is 322 g/mol. The van der Waals surface area contributed by atoms with Crippen LogP contribution in [-0.2, 0) is 53.6 Å². The minimum Gasteiger partial charge on any atom is -0.461 e. The summed E-state index contributed by atoms with van der Waals surface area (Å²) in [7, 11) is 0. The zero-order chi connectivity index (χ0) is 14.0. The predicted octanol–water partition coefficient (Wildman–Crippen LogP) is 2.16. The topological polar surface area (TPSA) is 43.4 Å². The molecule has 0 bridgehead atoms. The zero-order valence-corrected chi connectivity index (χ0v) is 13.0. The van der Waals surface area contributed by atoms with Crippen molar-refractivity contribution in [1.29, 1.82) is 0 Å². The van der Waals surface area contributed by atoms with Gasteiger partial charge in [-0.1, -0.05) is 30.3 Å². The van der Waals surface area contributed by atoms with Gasteiger partial charge in [-0.25, -0.2) is 0 Å². The number of ether oxygens (including phenoxy) is 1. The van der Waals surface area contributed by atoms with Crippen LogP contribution in [0.2, 0.25) is 0 Å². The van der Waals surface area contributed by atoms with E-state index in [0.29, 0.717) is 0 Å². The monoisotopic (exact) mass is 322 g/mol. The fourth-order valence-electron chi connectivity index (χ4n) is 1.59. The largest absolute Gasteiger partial charge is 0.461 e. The Morgan fingerprint density at radius 1 is 1.39 bits per heavy atom. The molecule has 1 aliphatic carbocycles. The van der Waals surface area contributed by atoms with Crippen LogP contribution in [0.25, 0.3) is 0 Å². The summed E-state index contributed by atoms with van der Waals surface area (Å²) >= 11 is 0. The van der Waals surface area contributed by atoms with Gasteiger partial charge in [0.15, 0.2) is 0 Å². The summed E-state index contributed by atoms with van der Waals surface area (Å²) in [6, 6.07) is 9.08. The summed E-state index contributed by atoms with van der Waals surface area (Å²) in [4.78, 5) is 22.9. The van der Waals surface area contributed by atoms with Gasteiger partial charge in [0.25, 0.3) is 0 Å². The van der Waals surface area contributed by atoms with Crippen molar-refractivity contribution in [3.05, 3.63) is 42.3 Å². The minimum absolute atomic E-state index is 0. The summed E-state index contributed by atoms with van der Waals surface area (Å²) in [5.74, 6) is -2.15. The van der Waals surface area contributed by atoms with Crippen LogP contribution in [0.1, 0.15) is 21.6 Å². The third-order valence-electron chi connectivity index (χ3n) is 2.63. The molecule has 1 aromatic carbocycles. The fraction of sp³-hybridized carbons (Fsp3) is 0.357. The molecular weight excluding hydrogens is 305 g/mol. The molecule has 0 heterocycles. The predicted molar refractivity (Wildman–Crippen MR) is 62.8 cm³/mol. The summed E-state index contributed by atoms with van der Waals surface area (Å²) in [6.45, 7) is 1.43. The molecule has 0 N–H and O–H groups in total. The van der Waals surface area contributed by atoms with Crippen LogP contribution in [0.5, 0.6) is 0 Å². The molecule has 2 rings (SSSR count). The number of ketones is 1. The second kappa shape index (κ2) is 7.15. The average Bonchev–Trinajstić information content (AvgIpc) is 3.18. The maximum Gasteiger partial charge on any atom is 0.303 e. The van der Waals surface area contributed by atoms with Crippen LogP contribution in [0.3, 0.4) is 0 Å². The van der Waals surface area contributed by atoms with E-state index < -0.39 is 24.2 Å². The molecule has 93 valence electrons. The van der Waals surface area contributed by atoms with E-state index in [1.54, 1.807) is 18.6 Å². The smallest absolute Gasteiger partial charge is 0.303 e. The van der Waals surface area contributed by atoms with Gasteiger partial charge in [0.1, 0.15) is 12.4 Å². The molecule has 0 amide bonds. The summed E-state index contributed by atoms with van der Waals surface area (Å²) in [5, 5.41) is 0. The molecule has 3 nitrogen and oxygen atoms in total. The zero-order valence-electron chi connectivity index (χ0n) is 12.1. The number of hydrogen-bond acceptors (Lipinski definition) is 3. The van der Waals surface area contributed by atoms with Gasteiger partial charge in [-0.3, -0.25) is 4.79 Å². The summed E-state index contributed by atoms with van der Waals surface area (Å²) in [5.41, 5.74) is 0.801. The number of carbonyl (C=O) groups is 2. The number of esters is 1. The molecule has 1 fully saturated rings. The first kappa shape index (κ1) is 12.5. The normalized spacial score (nSPS) is 23.2. The van der Waals surface area contributed by atoms with Gasteiger partial charge in [0, 0.05) is 41.8 Å². The van der Waals surface area contributed by atoms with Crippen LogP contribution in [0.4, 0.5) is 0 Å². The van der Waals surface area contributed by atoms with Gasteiger partial charge in [0.05, 0.1) is 0 Å². The molecule has 0 unspecified atom stereocenters. The van der Waals surface area contributed by atoms with Crippen molar-refractivity contribution in [3.63, 3.8) is 0 Å². The third-order valence-corrected chi connectivity index (χ3v) is 2.63. The van der Waals surface area contributed by atoms with Gasteiger partial charge in [-0.05, 0) is 12.5 Å². The van der Waals surface area contributed by atoms with E-state index in [-0.39, 0.29) is 45.1 Å². The fourth-order valence-corrected chi connectivity index (χ4v) is 1.59. The maximum atomic E-state index is 11.8. The second-order valence-corrected chi connectivity index (χ2v) is 4.06. The summed E-state index contributed by atoms with van der Waals surface area (Å²) in [6.07, 6.45) is -0.586. The van der Waals surface area contributed by atoms with E-state index in [4.69, 9.17) is 7.48 Å². The molecule has 1 aromatic rings. The number of carbonyl (C=O) groups excluding carboxylic acids is 2. The summed E-state index contributed by atoms with van der Waals surface area (Å²) < 4.78 is 20.5. The van der Waals surface area contributed by atoms with Crippen molar-refractivity contribution in [3.8, 4) is 0 Å². The van der Waals surface area contributed by atoms with E-state index in [1.807, 2.05) is 18.2 Å². The Balaban J connectivity index is 0.00000200. The van der Waals surface area contributed by atoms with E-state index >= 15 is 0 Å². The minimum atomic E-state index is -2.13. The Labute approximate surface area is 135 Å². The van der Waals surface area contributed by atoms with Crippen molar-refractivity contribution in [1.82, 2.24) is 0 Å². The Morgan fingerprint density at radius 2 is 2.06 bits per heavy atom. The Bertz CT molecular complexity index is 490. The quantitative estimate of drug-likeness (QED) is 0.616. The molecule has 0 aliphatic heterocycles. The first-order valence-corrected chi connectivity index (χ1v) is 5.49. The second-order valence-electron chi connectivity index (χ2n) is 4.06. The Hall–Kier alpha value is -0.536. The maximum absolute atomic E-state index is 11.8. The van der Waals surface area contributed by atoms with E-state index in [2.05, 4.69) is 0 Å². The van der Waals surface area contributed by atoms with Crippen molar-refractivity contribution < 1.29 is 49.8 Å². The van der Waals surface area contributed by atoms with Gasteiger partial charge < -0.3 is 16.0 Å². The molecule has 1 aliphatic rings. The molecule has 4 heteroatoms. The van der Waals surface area contributed by atoms with Gasteiger partial charge in [-0.15, -0.1) is 5.92 Å². The molecule has 1 radical (unpaired) electrons. The van der Waals surface area contributed by atoms with Gasteiger partial charge >= 0.3 is 5.97 Å². The van der Waals surface area contributed by atoms with Crippen LogP contribution < -0.4 is 0 Å².